The fourth-order valence-corrected chi connectivity index (χ4v) is 0.118. The summed E-state index contributed by atoms with van der Waals surface area (Å²) in [6, 6.07) is 0. The van der Waals surface area contributed by atoms with Gasteiger partial charge in [-0.05, 0) is 13.3 Å². The van der Waals surface area contributed by atoms with Gasteiger partial charge in [0.25, 0.3) is 6.26 Å². The third kappa shape index (κ3) is 3.29. The third-order valence-corrected chi connectivity index (χ3v) is 0.311. The predicted octanol–water partition coefficient (Wildman–Crippen LogP) is 0.708. The lowest BCUT2D eigenvalue weighted by atomic mass is 10.5. The van der Waals surface area contributed by atoms with Crippen LogP contribution in [0.2, 0.25) is 0 Å². The van der Waals surface area contributed by atoms with E-state index in [0.29, 0.717) is 13.0 Å². The molecule has 6 heavy (non-hydrogen) atoms. The largest absolute Gasteiger partial charge is 0.428 e. The monoisotopic (exact) mass is 84.0 g/mol. The molecule has 0 aliphatic heterocycles. The summed E-state index contributed by atoms with van der Waals surface area (Å²) in [5.74, 6) is 0. The average molecular weight is 84.1 g/mol. The Morgan fingerprint density at radius 3 is 2.67 bits per heavy atom. The first-order chi connectivity index (χ1) is 2.91. The Balaban J connectivity index is 2.54. The van der Waals surface area contributed by atoms with E-state index in [-0.39, 0.29) is 0 Å². The van der Waals surface area contributed by atoms with Crippen LogP contribution in [0.3, 0.4) is 0 Å². The van der Waals surface area contributed by atoms with Gasteiger partial charge in [-0.3, -0.25) is 0 Å². The number of hydrogen-bond donors (Lipinski definition) is 0. The van der Waals surface area contributed by atoms with Crippen molar-refractivity contribution in [3.8, 4) is 6.26 Å². The summed E-state index contributed by atoms with van der Waals surface area (Å²) >= 11 is 0. The molecule has 0 N–H and O–H groups in total. The van der Waals surface area contributed by atoms with Crippen molar-refractivity contribution in [3.05, 3.63) is 6.92 Å². The minimum absolute atomic E-state index is 0.441. The van der Waals surface area contributed by atoms with E-state index in [0.717, 1.165) is 0 Å². The van der Waals surface area contributed by atoms with E-state index in [1.165, 1.54) is 6.26 Å². The van der Waals surface area contributed by atoms with Crippen molar-refractivity contribution < 1.29 is 4.74 Å². The van der Waals surface area contributed by atoms with Crippen molar-refractivity contribution in [2.45, 2.75) is 6.42 Å². The Hall–Kier alpha value is -0.710. The summed E-state index contributed by atoms with van der Waals surface area (Å²) in [6.07, 6.45) is 2.19. The molecule has 0 spiro atoms. The molecule has 2 heteroatoms. The minimum Gasteiger partial charge on any atom is -0.428 e. The summed E-state index contributed by atoms with van der Waals surface area (Å²) < 4.78 is 4.23. The number of hydrogen-bond acceptors (Lipinski definition) is 2. The minimum atomic E-state index is 0.441. The molecule has 0 aromatic heterocycles. The molecule has 0 saturated carbocycles. The van der Waals surface area contributed by atoms with Crippen LogP contribution in [0.5, 0.6) is 0 Å². The fourth-order valence-electron chi connectivity index (χ4n) is 0.118. The number of nitriles is 1. The van der Waals surface area contributed by atoms with Gasteiger partial charge in [0.15, 0.2) is 0 Å². The van der Waals surface area contributed by atoms with Crippen molar-refractivity contribution in [1.29, 1.82) is 5.26 Å². The zero-order valence-electron chi connectivity index (χ0n) is 3.48. The van der Waals surface area contributed by atoms with Crippen molar-refractivity contribution in [1.82, 2.24) is 0 Å². The van der Waals surface area contributed by atoms with E-state index < -0.39 is 0 Å². The van der Waals surface area contributed by atoms with Crippen molar-refractivity contribution in [2.24, 2.45) is 0 Å². The third-order valence-electron chi connectivity index (χ3n) is 0.311. The highest BCUT2D eigenvalue weighted by Crippen LogP contribution is 1.72. The predicted molar refractivity (Wildman–Crippen MR) is 21.5 cm³/mol. The van der Waals surface area contributed by atoms with E-state index in [4.69, 9.17) is 5.26 Å². The number of ether oxygens (including phenoxy) is 1. The Bertz CT molecular complexity index is 55.1. The van der Waals surface area contributed by atoms with E-state index in [2.05, 4.69) is 11.7 Å². The van der Waals surface area contributed by atoms with Crippen molar-refractivity contribution in [3.63, 3.8) is 0 Å². The van der Waals surface area contributed by atoms with Gasteiger partial charge in [0.2, 0.25) is 0 Å². The van der Waals surface area contributed by atoms with E-state index in [1.807, 2.05) is 0 Å². The smallest absolute Gasteiger partial charge is 0.286 e. The lowest BCUT2D eigenvalue weighted by Crippen LogP contribution is -1.80. The molecule has 0 saturated heterocycles. The van der Waals surface area contributed by atoms with Gasteiger partial charge in [-0.15, -0.1) is 0 Å². The lowest BCUT2D eigenvalue weighted by Gasteiger charge is -1.83. The molecular formula is C4H6NO. The van der Waals surface area contributed by atoms with Crippen LogP contribution in [0.15, 0.2) is 0 Å². The molecule has 0 fully saturated rings. The molecule has 1 radical (unpaired) electrons. The van der Waals surface area contributed by atoms with Gasteiger partial charge >= 0.3 is 0 Å². The zero-order chi connectivity index (χ0) is 4.83. The fraction of sp³-hybridized carbons (Fsp3) is 0.500. The molecule has 0 atom stereocenters. The number of rotatable bonds is 2. The average Bonchev–Trinajstić information content (AvgIpc) is 1.61. The summed E-state index contributed by atoms with van der Waals surface area (Å²) in [7, 11) is 0. The highest BCUT2D eigenvalue weighted by Gasteiger charge is 1.71. The quantitative estimate of drug-likeness (QED) is 0.364. The van der Waals surface area contributed by atoms with Crippen LogP contribution in [0.25, 0.3) is 0 Å². The Labute approximate surface area is 37.3 Å². The molecule has 0 aromatic carbocycles. The van der Waals surface area contributed by atoms with Crippen LogP contribution in [0, 0.1) is 18.4 Å². The van der Waals surface area contributed by atoms with E-state index in [1.54, 1.807) is 0 Å². The van der Waals surface area contributed by atoms with Crippen LogP contribution in [-0.4, -0.2) is 6.61 Å². The summed E-state index contributed by atoms with van der Waals surface area (Å²) in [5.41, 5.74) is 0. The first kappa shape index (κ1) is 5.29. The maximum atomic E-state index is 7.70. The highest BCUT2D eigenvalue weighted by molar-refractivity contribution is 4.47. The van der Waals surface area contributed by atoms with Crippen LogP contribution >= 0.6 is 0 Å². The first-order valence-electron chi connectivity index (χ1n) is 1.72. The molecule has 2 nitrogen and oxygen atoms in total. The zero-order valence-corrected chi connectivity index (χ0v) is 3.48. The van der Waals surface area contributed by atoms with E-state index >= 15 is 0 Å². The molecule has 0 aliphatic carbocycles. The van der Waals surface area contributed by atoms with Gasteiger partial charge in [-0.2, -0.15) is 5.26 Å². The summed E-state index contributed by atoms with van der Waals surface area (Å²) in [5, 5.41) is 7.70. The van der Waals surface area contributed by atoms with Crippen molar-refractivity contribution >= 4 is 0 Å². The lowest BCUT2D eigenvalue weighted by molar-refractivity contribution is 0.277. The second-order valence-corrected chi connectivity index (χ2v) is 0.793. The SMILES string of the molecule is [CH2]CCOC#N. The van der Waals surface area contributed by atoms with Gasteiger partial charge in [0.1, 0.15) is 6.61 Å². The maximum absolute atomic E-state index is 7.70. The summed E-state index contributed by atoms with van der Waals surface area (Å²) in [4.78, 5) is 0. The molecule has 0 aliphatic rings. The van der Waals surface area contributed by atoms with Crippen LogP contribution in [0.4, 0.5) is 0 Å². The second-order valence-electron chi connectivity index (χ2n) is 0.793. The van der Waals surface area contributed by atoms with Gasteiger partial charge in [-0.25, -0.2) is 0 Å². The first-order valence-corrected chi connectivity index (χ1v) is 1.72. The molecule has 33 valence electrons. The van der Waals surface area contributed by atoms with Gasteiger partial charge in [-0.1, -0.05) is 0 Å². The maximum Gasteiger partial charge on any atom is 0.286 e. The molecule has 0 rings (SSSR count). The van der Waals surface area contributed by atoms with E-state index in [9.17, 15) is 0 Å². The molecule has 0 unspecified atom stereocenters. The topological polar surface area (TPSA) is 33.0 Å². The summed E-state index contributed by atoms with van der Waals surface area (Å²) in [6.45, 7) is 3.89. The van der Waals surface area contributed by atoms with Crippen LogP contribution in [0.1, 0.15) is 6.42 Å². The molecule has 0 amide bonds. The number of nitrogens with zero attached hydrogens (tertiary/aromatic N) is 1. The van der Waals surface area contributed by atoms with Crippen molar-refractivity contribution in [2.75, 3.05) is 6.61 Å². The van der Waals surface area contributed by atoms with Gasteiger partial charge < -0.3 is 4.74 Å². The molecule has 0 aromatic rings. The molecule has 0 heterocycles. The second kappa shape index (κ2) is 4.29. The Kier molecular flexibility index (Phi) is 3.78. The standard InChI is InChI=1S/C4H6NO/c1-2-3-6-4-5/h1-3H2. The molecular weight excluding hydrogens is 78.1 g/mol. The van der Waals surface area contributed by atoms with Crippen LogP contribution in [-0.2, 0) is 4.74 Å². The van der Waals surface area contributed by atoms with Gasteiger partial charge in [0, 0.05) is 0 Å². The Morgan fingerprint density at radius 2 is 2.50 bits per heavy atom. The molecule has 0 bridgehead atoms. The normalized spacial score (nSPS) is 6.67. The van der Waals surface area contributed by atoms with Gasteiger partial charge in [0.05, 0.1) is 0 Å². The van der Waals surface area contributed by atoms with Crippen LogP contribution < -0.4 is 0 Å². The Morgan fingerprint density at radius 1 is 1.83 bits per heavy atom. The highest BCUT2D eigenvalue weighted by atomic mass is 16.5.